The van der Waals surface area contributed by atoms with Crippen LogP contribution < -0.4 is 0 Å². The van der Waals surface area contributed by atoms with Crippen molar-refractivity contribution in [2.24, 2.45) is 5.11 Å². The molecule has 0 atom stereocenters. The summed E-state index contributed by atoms with van der Waals surface area (Å²) in [4.78, 5) is 23.1. The van der Waals surface area contributed by atoms with Gasteiger partial charge in [0, 0.05) is 29.4 Å². The Morgan fingerprint density at radius 1 is 0.862 bits per heavy atom. The van der Waals surface area contributed by atoms with Gasteiger partial charge in [0.15, 0.2) is 0 Å². The van der Waals surface area contributed by atoms with Crippen molar-refractivity contribution in [2.75, 3.05) is 13.2 Å². The third-order valence-corrected chi connectivity index (χ3v) is 3.61. The van der Waals surface area contributed by atoms with Gasteiger partial charge >= 0.3 is 11.9 Å². The molecule has 150 valence electrons. The molecule has 7 heteroatoms. The number of azo groups is 1. The van der Waals surface area contributed by atoms with Gasteiger partial charge in [-0.05, 0) is 61.4 Å². The van der Waals surface area contributed by atoms with Crippen LogP contribution in [0.5, 0.6) is 0 Å². The minimum atomic E-state index is -0.419. The Morgan fingerprint density at radius 3 is 1.76 bits per heavy atom. The Bertz CT molecular complexity index is 913. The Morgan fingerprint density at radius 2 is 1.31 bits per heavy atom. The maximum absolute atomic E-state index is 12.2. The first kappa shape index (κ1) is 21.6. The van der Waals surface area contributed by atoms with E-state index in [0.29, 0.717) is 29.4 Å². The average molecular weight is 394 g/mol. The molecule has 0 heterocycles. The van der Waals surface area contributed by atoms with Crippen LogP contribution in [0.3, 0.4) is 0 Å². The van der Waals surface area contributed by atoms with Crippen LogP contribution in [0, 0.1) is 5.21 Å². The lowest BCUT2D eigenvalue weighted by Crippen LogP contribution is -1.98. The largest absolute Gasteiger partial charge is 0.594 e. The highest BCUT2D eigenvalue weighted by molar-refractivity contribution is 5.87. The highest BCUT2D eigenvalue weighted by Crippen LogP contribution is 2.19. The SMILES string of the molecule is CCOC(=O)/C=C/c1ccc(N=[N+]([O-])c2ccc(/C=C/C(=O)OCC)cc2)cc1. The van der Waals surface area contributed by atoms with Crippen LogP contribution in [0.4, 0.5) is 11.4 Å². The first-order chi connectivity index (χ1) is 14.0. The van der Waals surface area contributed by atoms with E-state index in [2.05, 4.69) is 5.11 Å². The van der Waals surface area contributed by atoms with E-state index in [0.717, 1.165) is 11.1 Å². The Kier molecular flexibility index (Phi) is 8.31. The van der Waals surface area contributed by atoms with Gasteiger partial charge in [0.25, 0.3) is 0 Å². The standard InChI is InChI=1S/C22H22N2O5/c1-3-28-21(25)15-9-17-5-11-19(12-6-17)23-24(27)20-13-7-18(8-14-20)10-16-22(26)29-4-2/h5-16H,3-4H2,1-2H3/b15-9+,16-10+,24-23?. The summed E-state index contributed by atoms with van der Waals surface area (Å²) in [6, 6.07) is 13.5. The van der Waals surface area contributed by atoms with Crippen molar-refractivity contribution in [1.29, 1.82) is 0 Å². The van der Waals surface area contributed by atoms with Crippen LogP contribution in [-0.2, 0) is 19.1 Å². The van der Waals surface area contributed by atoms with Gasteiger partial charge in [0.1, 0.15) is 5.69 Å². The highest BCUT2D eigenvalue weighted by atomic mass is 16.5. The summed E-state index contributed by atoms with van der Waals surface area (Å²) in [5.41, 5.74) is 2.37. The molecule has 0 unspecified atom stereocenters. The first-order valence-corrected chi connectivity index (χ1v) is 9.10. The Hall–Kier alpha value is -3.74. The third-order valence-electron chi connectivity index (χ3n) is 3.61. The average Bonchev–Trinajstić information content (AvgIpc) is 2.72. The number of benzene rings is 2. The summed E-state index contributed by atoms with van der Waals surface area (Å²) in [7, 11) is 0. The van der Waals surface area contributed by atoms with Crippen molar-refractivity contribution in [2.45, 2.75) is 13.8 Å². The predicted molar refractivity (Wildman–Crippen MR) is 110 cm³/mol. The number of hydrogen-bond acceptors (Lipinski definition) is 6. The lowest BCUT2D eigenvalue weighted by molar-refractivity contribution is -0.435. The molecule has 0 radical (unpaired) electrons. The molecule has 0 aliphatic heterocycles. The molecule has 2 rings (SSSR count). The van der Waals surface area contributed by atoms with Crippen LogP contribution in [0.25, 0.3) is 12.2 Å². The molecule has 0 fully saturated rings. The second-order valence-corrected chi connectivity index (χ2v) is 5.73. The van der Waals surface area contributed by atoms with Crippen molar-refractivity contribution in [3.05, 3.63) is 77.0 Å². The lowest BCUT2D eigenvalue weighted by atomic mass is 10.2. The van der Waals surface area contributed by atoms with Crippen molar-refractivity contribution in [3.63, 3.8) is 0 Å². The first-order valence-electron chi connectivity index (χ1n) is 9.10. The fourth-order valence-corrected chi connectivity index (χ4v) is 2.24. The zero-order chi connectivity index (χ0) is 21.1. The maximum Gasteiger partial charge on any atom is 0.330 e. The molecule has 2 aromatic rings. The van der Waals surface area contributed by atoms with Crippen LogP contribution in [-0.4, -0.2) is 30.0 Å². The summed E-state index contributed by atoms with van der Waals surface area (Å²) in [5.74, 6) is -0.829. The molecular formula is C22H22N2O5. The van der Waals surface area contributed by atoms with Crippen molar-refractivity contribution in [3.8, 4) is 0 Å². The Balaban J connectivity index is 2.03. The number of carbonyl (C=O) groups is 2. The molecule has 0 aromatic heterocycles. The van der Waals surface area contributed by atoms with E-state index in [4.69, 9.17) is 9.47 Å². The Labute approximate surface area is 169 Å². The normalized spacial score (nSPS) is 11.7. The van der Waals surface area contributed by atoms with Crippen LogP contribution in [0.2, 0.25) is 0 Å². The van der Waals surface area contributed by atoms with Crippen molar-refractivity contribution >= 4 is 35.5 Å². The second kappa shape index (κ2) is 11.2. The van der Waals surface area contributed by atoms with Crippen molar-refractivity contribution in [1.82, 2.24) is 0 Å². The number of ether oxygens (including phenoxy) is 2. The molecule has 0 aliphatic carbocycles. The highest BCUT2D eigenvalue weighted by Gasteiger charge is 2.04. The molecule has 0 N–H and O–H groups in total. The number of nitrogens with zero attached hydrogens (tertiary/aromatic N) is 2. The minimum absolute atomic E-state index is 0.317. The van der Waals surface area contributed by atoms with E-state index in [9.17, 15) is 14.8 Å². The van der Waals surface area contributed by atoms with Gasteiger partial charge in [-0.1, -0.05) is 17.0 Å². The van der Waals surface area contributed by atoms with Crippen molar-refractivity contribution < 1.29 is 23.9 Å². The summed E-state index contributed by atoms with van der Waals surface area (Å²) in [6.45, 7) is 4.12. The van der Waals surface area contributed by atoms with Crippen LogP contribution in [0.1, 0.15) is 25.0 Å². The molecule has 0 saturated heterocycles. The lowest BCUT2D eigenvalue weighted by Gasteiger charge is -2.01. The van der Waals surface area contributed by atoms with Gasteiger partial charge in [0.2, 0.25) is 5.69 Å². The van der Waals surface area contributed by atoms with Gasteiger partial charge in [-0.2, -0.15) is 0 Å². The van der Waals surface area contributed by atoms with E-state index in [1.807, 2.05) is 0 Å². The number of rotatable bonds is 8. The molecule has 7 nitrogen and oxygen atoms in total. The topological polar surface area (TPSA) is 91.0 Å². The fraction of sp³-hybridized carbons (Fsp3) is 0.182. The zero-order valence-corrected chi connectivity index (χ0v) is 16.3. The second-order valence-electron chi connectivity index (χ2n) is 5.73. The predicted octanol–water partition coefficient (Wildman–Crippen LogP) is 4.76. The molecule has 0 saturated carbocycles. The quantitative estimate of drug-likeness (QED) is 0.212. The molecule has 0 amide bonds. The van der Waals surface area contributed by atoms with Gasteiger partial charge in [-0.25, -0.2) is 9.59 Å². The maximum atomic E-state index is 12.2. The van der Waals surface area contributed by atoms with Gasteiger partial charge in [0.05, 0.1) is 13.2 Å². The molecular weight excluding hydrogens is 372 g/mol. The summed E-state index contributed by atoms with van der Waals surface area (Å²) >= 11 is 0. The van der Waals surface area contributed by atoms with E-state index < -0.39 is 11.9 Å². The van der Waals surface area contributed by atoms with Crippen LogP contribution in [0.15, 0.2) is 65.8 Å². The van der Waals surface area contributed by atoms with Crippen LogP contribution >= 0.6 is 0 Å². The fourth-order valence-electron chi connectivity index (χ4n) is 2.24. The van der Waals surface area contributed by atoms with E-state index in [1.54, 1.807) is 74.5 Å². The van der Waals surface area contributed by atoms with Gasteiger partial charge < -0.3 is 14.7 Å². The molecule has 0 spiro atoms. The number of hydrogen-bond donors (Lipinski definition) is 0. The minimum Gasteiger partial charge on any atom is -0.594 e. The summed E-state index contributed by atoms with van der Waals surface area (Å²) < 4.78 is 9.63. The van der Waals surface area contributed by atoms with E-state index in [1.165, 1.54) is 12.2 Å². The summed E-state index contributed by atoms with van der Waals surface area (Å²) in [5, 5.41) is 16.2. The number of carbonyl (C=O) groups excluding carboxylic acids is 2. The third kappa shape index (κ3) is 7.42. The summed E-state index contributed by atoms with van der Waals surface area (Å²) in [6.07, 6.45) is 5.90. The zero-order valence-electron chi connectivity index (χ0n) is 16.3. The van der Waals surface area contributed by atoms with Gasteiger partial charge in [-0.3, -0.25) is 0 Å². The van der Waals surface area contributed by atoms with E-state index >= 15 is 0 Å². The monoisotopic (exact) mass is 394 g/mol. The van der Waals surface area contributed by atoms with Gasteiger partial charge in [-0.15, -0.1) is 0 Å². The molecule has 2 aromatic carbocycles. The number of esters is 2. The molecule has 0 bridgehead atoms. The molecule has 0 aliphatic rings. The smallest absolute Gasteiger partial charge is 0.330 e. The van der Waals surface area contributed by atoms with E-state index in [-0.39, 0.29) is 0 Å². The molecule has 29 heavy (non-hydrogen) atoms.